The summed E-state index contributed by atoms with van der Waals surface area (Å²) in [5, 5.41) is 3.46. The number of alkyl halides is 1. The fourth-order valence-corrected chi connectivity index (χ4v) is 2.58. The fourth-order valence-electron chi connectivity index (χ4n) is 1.49. The molecule has 1 aliphatic heterocycles. The minimum absolute atomic E-state index is 0.0207. The van der Waals surface area contributed by atoms with Gasteiger partial charge >= 0.3 is 0 Å². The van der Waals surface area contributed by atoms with E-state index in [1.54, 1.807) is 0 Å². The number of amides is 1. The highest BCUT2D eigenvalue weighted by Gasteiger charge is 2.16. The zero-order valence-corrected chi connectivity index (χ0v) is 10.4. The van der Waals surface area contributed by atoms with Gasteiger partial charge < -0.3 is 10.1 Å². The van der Waals surface area contributed by atoms with E-state index in [1.165, 1.54) is 11.3 Å². The highest BCUT2D eigenvalue weighted by molar-refractivity contribution is 7.15. The van der Waals surface area contributed by atoms with Gasteiger partial charge in [0, 0.05) is 18.7 Å². The van der Waals surface area contributed by atoms with Crippen LogP contribution >= 0.6 is 22.9 Å². The van der Waals surface area contributed by atoms with Crippen LogP contribution in [0.3, 0.4) is 0 Å². The molecule has 1 N–H and O–H groups in total. The largest absolute Gasteiger partial charge is 0.375 e. The summed E-state index contributed by atoms with van der Waals surface area (Å²) >= 11 is 7.02. The number of nitrogens with zero attached hydrogens (tertiary/aromatic N) is 1. The molecule has 0 aromatic carbocycles. The van der Waals surface area contributed by atoms with Gasteiger partial charge in [-0.2, -0.15) is 0 Å². The Balaban J connectivity index is 1.94. The number of nitrogens with one attached hydrogen (secondary N) is 1. The van der Waals surface area contributed by atoms with Crippen molar-refractivity contribution < 1.29 is 9.53 Å². The second kappa shape index (κ2) is 5.61. The summed E-state index contributed by atoms with van der Waals surface area (Å²) < 4.78 is 5.32. The van der Waals surface area contributed by atoms with Crippen molar-refractivity contribution in [3.05, 3.63) is 10.6 Å². The molecule has 0 saturated heterocycles. The predicted octanol–water partition coefficient (Wildman–Crippen LogP) is 2.17. The lowest BCUT2D eigenvalue weighted by molar-refractivity contribution is -0.116. The molecule has 0 aliphatic carbocycles. The van der Waals surface area contributed by atoms with Crippen molar-refractivity contribution in [1.82, 2.24) is 4.98 Å². The first-order valence-electron chi connectivity index (χ1n) is 5.21. The van der Waals surface area contributed by atoms with Crippen LogP contribution in [-0.4, -0.2) is 23.4 Å². The molecule has 4 nitrogen and oxygen atoms in total. The number of aromatic nitrogens is 1. The second-order valence-corrected chi connectivity index (χ2v) is 4.99. The van der Waals surface area contributed by atoms with Crippen LogP contribution in [0.25, 0.3) is 0 Å². The van der Waals surface area contributed by atoms with Crippen molar-refractivity contribution in [2.45, 2.75) is 25.9 Å². The molecular formula is C10H13ClN2O2S. The number of ether oxygens (including phenoxy) is 1. The summed E-state index contributed by atoms with van der Waals surface area (Å²) in [6.07, 6.45) is 1.98. The lowest BCUT2D eigenvalue weighted by Gasteiger charge is -2.08. The lowest BCUT2D eigenvalue weighted by Crippen LogP contribution is -2.11. The molecule has 1 amide bonds. The molecule has 0 radical (unpaired) electrons. The highest BCUT2D eigenvalue weighted by Crippen LogP contribution is 2.27. The molecular weight excluding hydrogens is 248 g/mol. The molecule has 2 heterocycles. The molecule has 2 rings (SSSR count). The van der Waals surface area contributed by atoms with Crippen molar-refractivity contribution in [2.75, 3.05) is 17.8 Å². The third-order valence-corrected chi connectivity index (χ3v) is 3.53. The van der Waals surface area contributed by atoms with Crippen LogP contribution < -0.4 is 5.32 Å². The van der Waals surface area contributed by atoms with Crippen molar-refractivity contribution in [2.24, 2.45) is 0 Å². The monoisotopic (exact) mass is 260 g/mol. The van der Waals surface area contributed by atoms with Gasteiger partial charge in [-0.3, -0.25) is 4.79 Å². The fraction of sp³-hybridized carbons (Fsp3) is 0.600. The number of rotatable bonds is 4. The Kier molecular flexibility index (Phi) is 4.15. The van der Waals surface area contributed by atoms with Crippen LogP contribution in [0.15, 0.2) is 0 Å². The van der Waals surface area contributed by atoms with E-state index in [2.05, 4.69) is 10.3 Å². The highest BCUT2D eigenvalue weighted by atomic mass is 35.5. The van der Waals surface area contributed by atoms with Gasteiger partial charge in [-0.1, -0.05) is 11.3 Å². The van der Waals surface area contributed by atoms with Gasteiger partial charge in [-0.05, 0) is 6.42 Å². The van der Waals surface area contributed by atoms with E-state index in [0.717, 1.165) is 23.6 Å². The molecule has 16 heavy (non-hydrogen) atoms. The summed E-state index contributed by atoms with van der Waals surface area (Å²) in [5.41, 5.74) is 1.06. The second-order valence-electron chi connectivity index (χ2n) is 3.53. The number of anilines is 1. The molecule has 1 aliphatic rings. The maximum atomic E-state index is 11.4. The number of fused-ring (bicyclic) bond motifs is 1. The maximum Gasteiger partial charge on any atom is 0.226 e. The van der Waals surface area contributed by atoms with E-state index >= 15 is 0 Å². The summed E-state index contributed by atoms with van der Waals surface area (Å²) in [6.45, 7) is 1.33. The molecule has 0 unspecified atom stereocenters. The molecule has 0 atom stereocenters. The molecule has 1 aromatic rings. The van der Waals surface area contributed by atoms with E-state index in [1.807, 2.05) is 0 Å². The molecule has 0 spiro atoms. The minimum Gasteiger partial charge on any atom is -0.375 e. The van der Waals surface area contributed by atoms with Crippen molar-refractivity contribution in [3.63, 3.8) is 0 Å². The first kappa shape index (κ1) is 11.8. The third kappa shape index (κ3) is 2.93. The van der Waals surface area contributed by atoms with Crippen LogP contribution in [0.5, 0.6) is 0 Å². The van der Waals surface area contributed by atoms with Gasteiger partial charge in [0.25, 0.3) is 0 Å². The lowest BCUT2D eigenvalue weighted by atomic mass is 10.2. The molecule has 0 bridgehead atoms. The molecule has 88 valence electrons. The quantitative estimate of drug-likeness (QED) is 0.845. The number of hydrogen-bond donors (Lipinski definition) is 1. The summed E-state index contributed by atoms with van der Waals surface area (Å²) in [5.74, 6) is 0.489. The molecule has 6 heteroatoms. The number of carbonyl (C=O) groups is 1. The minimum atomic E-state index is -0.0207. The van der Waals surface area contributed by atoms with E-state index in [4.69, 9.17) is 16.3 Å². The Morgan fingerprint density at radius 1 is 1.62 bits per heavy atom. The van der Waals surface area contributed by atoms with Crippen LogP contribution in [0.1, 0.15) is 23.4 Å². The average Bonchev–Trinajstić information content (AvgIpc) is 2.68. The smallest absolute Gasteiger partial charge is 0.226 e. The number of carbonyl (C=O) groups excluding carboxylic acids is 1. The number of hydrogen-bond acceptors (Lipinski definition) is 4. The Hall–Kier alpha value is -0.650. The van der Waals surface area contributed by atoms with E-state index in [0.29, 0.717) is 30.5 Å². The van der Waals surface area contributed by atoms with Crippen molar-refractivity contribution in [1.29, 1.82) is 0 Å². The number of halogens is 1. The first-order chi connectivity index (χ1) is 7.79. The average molecular weight is 261 g/mol. The zero-order valence-electron chi connectivity index (χ0n) is 8.79. The van der Waals surface area contributed by atoms with Gasteiger partial charge in [-0.25, -0.2) is 4.98 Å². The predicted molar refractivity (Wildman–Crippen MR) is 64.1 cm³/mol. The Morgan fingerprint density at radius 2 is 2.50 bits per heavy atom. The summed E-state index contributed by atoms with van der Waals surface area (Å²) in [6, 6.07) is 0. The normalized spacial score (nSPS) is 14.6. The maximum absolute atomic E-state index is 11.4. The Bertz CT molecular complexity index is 357. The molecule has 0 fully saturated rings. The Morgan fingerprint density at radius 3 is 3.25 bits per heavy atom. The summed E-state index contributed by atoms with van der Waals surface area (Å²) in [7, 11) is 0. The van der Waals surface area contributed by atoms with Crippen molar-refractivity contribution >= 4 is 34.0 Å². The van der Waals surface area contributed by atoms with Crippen molar-refractivity contribution in [3.8, 4) is 0 Å². The topological polar surface area (TPSA) is 51.2 Å². The molecule has 1 aromatic heterocycles. The van der Waals surface area contributed by atoms with Crippen LogP contribution in [0.4, 0.5) is 5.13 Å². The summed E-state index contributed by atoms with van der Waals surface area (Å²) in [4.78, 5) is 16.9. The van der Waals surface area contributed by atoms with E-state index in [-0.39, 0.29) is 5.91 Å². The van der Waals surface area contributed by atoms with Crippen LogP contribution in [-0.2, 0) is 22.6 Å². The van der Waals surface area contributed by atoms with Gasteiger partial charge in [0.1, 0.15) is 0 Å². The third-order valence-electron chi connectivity index (χ3n) is 2.28. The number of thiazole rings is 1. The SMILES string of the molecule is O=C(CCCCl)Nc1nc2c(s1)COCC2. The standard InChI is InChI=1S/C10H13ClN2O2S/c11-4-1-2-9(14)13-10-12-7-3-5-15-6-8(7)16-10/h1-6H2,(H,12,13,14). The Labute approximate surface area is 103 Å². The van der Waals surface area contributed by atoms with Gasteiger partial charge in [-0.15, -0.1) is 11.6 Å². The van der Waals surface area contributed by atoms with Gasteiger partial charge in [0.05, 0.1) is 23.8 Å². The van der Waals surface area contributed by atoms with Crippen LogP contribution in [0.2, 0.25) is 0 Å². The zero-order chi connectivity index (χ0) is 11.4. The van der Waals surface area contributed by atoms with E-state index < -0.39 is 0 Å². The van der Waals surface area contributed by atoms with E-state index in [9.17, 15) is 4.79 Å². The molecule has 0 saturated carbocycles. The first-order valence-corrected chi connectivity index (χ1v) is 6.57. The van der Waals surface area contributed by atoms with Gasteiger partial charge in [0.2, 0.25) is 5.91 Å². The van der Waals surface area contributed by atoms with Crippen LogP contribution in [0, 0.1) is 0 Å². The van der Waals surface area contributed by atoms with Gasteiger partial charge in [0.15, 0.2) is 5.13 Å².